The molecule has 0 aliphatic carbocycles. The lowest BCUT2D eigenvalue weighted by Gasteiger charge is -2.21. The van der Waals surface area contributed by atoms with E-state index in [1.165, 1.54) is 11.8 Å². The number of ether oxygens (including phenoxy) is 1. The van der Waals surface area contributed by atoms with E-state index in [1.807, 2.05) is 42.5 Å². The van der Waals surface area contributed by atoms with Gasteiger partial charge in [0.1, 0.15) is 5.69 Å². The van der Waals surface area contributed by atoms with Crippen molar-refractivity contribution in [1.82, 2.24) is 4.98 Å². The number of H-pyrrole nitrogens is 1. The lowest BCUT2D eigenvalue weighted by molar-refractivity contribution is -0.126. The van der Waals surface area contributed by atoms with Gasteiger partial charge in [0.25, 0.3) is 5.91 Å². The van der Waals surface area contributed by atoms with Gasteiger partial charge in [-0.05, 0) is 25.1 Å². The van der Waals surface area contributed by atoms with Gasteiger partial charge in [0.15, 0.2) is 6.10 Å². The minimum absolute atomic E-state index is 0.143. The van der Waals surface area contributed by atoms with Crippen LogP contribution in [0.15, 0.2) is 54.6 Å². The number of halogens is 1. The van der Waals surface area contributed by atoms with E-state index >= 15 is 0 Å². The number of aromatic nitrogens is 1. The van der Waals surface area contributed by atoms with Gasteiger partial charge in [-0.3, -0.25) is 4.79 Å². The van der Waals surface area contributed by atoms with Gasteiger partial charge in [0, 0.05) is 23.6 Å². The first kappa shape index (κ1) is 17.0. The van der Waals surface area contributed by atoms with Gasteiger partial charge in [0.05, 0.1) is 5.02 Å². The molecule has 0 saturated heterocycles. The maximum absolute atomic E-state index is 12.5. The maximum Gasteiger partial charge on any atom is 0.357 e. The van der Waals surface area contributed by atoms with Crippen molar-refractivity contribution >= 4 is 40.1 Å². The summed E-state index contributed by atoms with van der Waals surface area (Å²) in [5.74, 6) is -0.990. The van der Waals surface area contributed by atoms with Crippen LogP contribution in [0, 0.1) is 0 Å². The first-order valence-corrected chi connectivity index (χ1v) is 8.16. The van der Waals surface area contributed by atoms with Gasteiger partial charge in [0.2, 0.25) is 0 Å². The number of benzene rings is 2. The van der Waals surface area contributed by atoms with Crippen molar-refractivity contribution in [2.75, 3.05) is 11.9 Å². The van der Waals surface area contributed by atoms with E-state index in [-0.39, 0.29) is 16.6 Å². The summed E-state index contributed by atoms with van der Waals surface area (Å²) in [5, 5.41) is 1.02. The minimum Gasteiger partial charge on any atom is -0.448 e. The van der Waals surface area contributed by atoms with Crippen LogP contribution in [-0.4, -0.2) is 30.0 Å². The highest BCUT2D eigenvalue weighted by atomic mass is 35.5. The zero-order valence-corrected chi connectivity index (χ0v) is 14.6. The Balaban J connectivity index is 1.75. The third-order valence-corrected chi connectivity index (χ3v) is 4.35. The molecule has 0 aliphatic heterocycles. The van der Waals surface area contributed by atoms with E-state index in [2.05, 4.69) is 4.98 Å². The molecule has 6 heteroatoms. The molecule has 1 atom stereocenters. The molecule has 1 aromatic heterocycles. The van der Waals surface area contributed by atoms with Crippen LogP contribution in [-0.2, 0) is 9.53 Å². The Labute approximate surface area is 150 Å². The SMILES string of the molecule is C[C@H](OC(=O)c1[nH]c2ccccc2c1Cl)C(=O)N(C)c1ccccc1. The van der Waals surface area contributed by atoms with Crippen molar-refractivity contribution in [3.8, 4) is 0 Å². The van der Waals surface area contributed by atoms with Crippen LogP contribution in [0.25, 0.3) is 10.9 Å². The monoisotopic (exact) mass is 356 g/mol. The minimum atomic E-state index is -0.944. The second-order valence-electron chi connectivity index (χ2n) is 5.64. The average Bonchev–Trinajstić information content (AvgIpc) is 2.98. The number of carbonyl (C=O) groups excluding carboxylic acids is 2. The number of fused-ring (bicyclic) bond motifs is 1. The lowest BCUT2D eigenvalue weighted by atomic mass is 10.2. The number of para-hydroxylation sites is 2. The van der Waals surface area contributed by atoms with Crippen LogP contribution in [0.5, 0.6) is 0 Å². The number of esters is 1. The van der Waals surface area contributed by atoms with Gasteiger partial charge in [-0.15, -0.1) is 0 Å². The van der Waals surface area contributed by atoms with E-state index in [0.717, 1.165) is 16.6 Å². The molecule has 1 amide bonds. The Kier molecular flexibility index (Phi) is 4.76. The van der Waals surface area contributed by atoms with Crippen molar-refractivity contribution in [2.24, 2.45) is 0 Å². The number of hydrogen-bond donors (Lipinski definition) is 1. The molecule has 0 bridgehead atoms. The first-order chi connectivity index (χ1) is 12.0. The molecule has 0 aliphatic rings. The maximum atomic E-state index is 12.5. The Morgan fingerprint density at radius 3 is 2.40 bits per heavy atom. The molecule has 1 N–H and O–H groups in total. The summed E-state index contributed by atoms with van der Waals surface area (Å²) in [5.41, 5.74) is 1.60. The third kappa shape index (κ3) is 3.37. The topological polar surface area (TPSA) is 62.4 Å². The molecule has 2 aromatic carbocycles. The molecule has 0 radical (unpaired) electrons. The van der Waals surface area contributed by atoms with Crippen molar-refractivity contribution < 1.29 is 14.3 Å². The van der Waals surface area contributed by atoms with E-state index in [0.29, 0.717) is 0 Å². The Hall–Kier alpha value is -2.79. The lowest BCUT2D eigenvalue weighted by Crippen LogP contribution is -2.37. The van der Waals surface area contributed by atoms with Gasteiger partial charge >= 0.3 is 5.97 Å². The van der Waals surface area contributed by atoms with Crippen LogP contribution in [0.1, 0.15) is 17.4 Å². The first-order valence-electron chi connectivity index (χ1n) is 7.79. The number of rotatable bonds is 4. The molecular formula is C19H17ClN2O3. The summed E-state index contributed by atoms with van der Waals surface area (Å²) >= 11 is 6.25. The molecule has 0 unspecified atom stereocenters. The summed E-state index contributed by atoms with van der Waals surface area (Å²) in [6, 6.07) is 16.4. The number of hydrogen-bond acceptors (Lipinski definition) is 3. The second kappa shape index (κ2) is 6.99. The van der Waals surface area contributed by atoms with Gasteiger partial charge in [-0.1, -0.05) is 48.0 Å². The highest BCUT2D eigenvalue weighted by Crippen LogP contribution is 2.28. The van der Waals surface area contributed by atoms with Crippen LogP contribution in [0.2, 0.25) is 5.02 Å². The number of likely N-dealkylation sites (N-methyl/N-ethyl adjacent to an activating group) is 1. The fourth-order valence-corrected chi connectivity index (χ4v) is 2.86. The fraction of sp³-hybridized carbons (Fsp3) is 0.158. The zero-order chi connectivity index (χ0) is 18.0. The number of amides is 1. The van der Waals surface area contributed by atoms with Crippen molar-refractivity contribution in [2.45, 2.75) is 13.0 Å². The summed E-state index contributed by atoms with van der Waals surface area (Å²) in [4.78, 5) is 29.3. The predicted molar refractivity (Wildman–Crippen MR) is 98.0 cm³/mol. The molecule has 5 nitrogen and oxygen atoms in total. The zero-order valence-electron chi connectivity index (χ0n) is 13.8. The molecule has 128 valence electrons. The smallest absolute Gasteiger partial charge is 0.357 e. The summed E-state index contributed by atoms with van der Waals surface area (Å²) < 4.78 is 5.31. The van der Waals surface area contributed by atoms with Crippen molar-refractivity contribution in [3.05, 3.63) is 65.3 Å². The Morgan fingerprint density at radius 2 is 1.72 bits per heavy atom. The van der Waals surface area contributed by atoms with Gasteiger partial charge < -0.3 is 14.6 Å². The molecule has 0 saturated carbocycles. The molecule has 0 spiro atoms. The number of aromatic amines is 1. The van der Waals surface area contributed by atoms with Crippen LogP contribution in [0.4, 0.5) is 5.69 Å². The van der Waals surface area contributed by atoms with E-state index in [1.54, 1.807) is 19.2 Å². The van der Waals surface area contributed by atoms with Crippen LogP contribution in [0.3, 0.4) is 0 Å². The van der Waals surface area contributed by atoms with E-state index in [4.69, 9.17) is 16.3 Å². The molecular weight excluding hydrogens is 340 g/mol. The van der Waals surface area contributed by atoms with E-state index < -0.39 is 12.1 Å². The molecule has 1 heterocycles. The number of nitrogens with one attached hydrogen (secondary N) is 1. The predicted octanol–water partition coefficient (Wildman–Crippen LogP) is 4.03. The fourth-order valence-electron chi connectivity index (χ4n) is 2.57. The quantitative estimate of drug-likeness (QED) is 0.718. The summed E-state index contributed by atoms with van der Waals surface area (Å²) in [6.45, 7) is 1.54. The van der Waals surface area contributed by atoms with Crippen LogP contribution < -0.4 is 4.90 Å². The number of anilines is 1. The molecule has 25 heavy (non-hydrogen) atoms. The van der Waals surface area contributed by atoms with Crippen molar-refractivity contribution in [3.63, 3.8) is 0 Å². The van der Waals surface area contributed by atoms with Gasteiger partial charge in [-0.25, -0.2) is 4.79 Å². The highest BCUT2D eigenvalue weighted by molar-refractivity contribution is 6.38. The standard InChI is InChI=1S/C19H17ClN2O3/c1-12(18(23)22(2)13-8-4-3-5-9-13)25-19(24)17-16(20)14-10-6-7-11-15(14)21-17/h3-12,21H,1-2H3/t12-/m0/s1. The van der Waals surface area contributed by atoms with Crippen molar-refractivity contribution in [1.29, 1.82) is 0 Å². The normalized spacial score (nSPS) is 12.0. The molecule has 3 aromatic rings. The Morgan fingerprint density at radius 1 is 1.08 bits per heavy atom. The summed E-state index contributed by atoms with van der Waals surface area (Å²) in [7, 11) is 1.64. The average molecular weight is 357 g/mol. The second-order valence-corrected chi connectivity index (χ2v) is 6.02. The summed E-state index contributed by atoms with van der Waals surface area (Å²) in [6.07, 6.45) is -0.944. The largest absolute Gasteiger partial charge is 0.448 e. The molecule has 0 fully saturated rings. The van der Waals surface area contributed by atoms with Gasteiger partial charge in [-0.2, -0.15) is 0 Å². The number of carbonyl (C=O) groups is 2. The van der Waals surface area contributed by atoms with E-state index in [9.17, 15) is 9.59 Å². The Bertz CT molecular complexity index is 921. The highest BCUT2D eigenvalue weighted by Gasteiger charge is 2.25. The number of nitrogens with zero attached hydrogens (tertiary/aromatic N) is 1. The molecule has 3 rings (SSSR count). The van der Waals surface area contributed by atoms with Crippen LogP contribution >= 0.6 is 11.6 Å². The third-order valence-electron chi connectivity index (χ3n) is 3.95.